The fraction of sp³-hybridized carbons (Fsp3) is 0.500. The van der Waals surface area contributed by atoms with Crippen molar-refractivity contribution < 1.29 is 9.53 Å². The topological polar surface area (TPSA) is 31.2 Å². The van der Waals surface area contributed by atoms with E-state index in [1.807, 2.05) is 26.8 Å². The van der Waals surface area contributed by atoms with Gasteiger partial charge in [-0.3, -0.25) is 4.57 Å². The molecule has 1 fully saturated rings. The third-order valence-corrected chi connectivity index (χ3v) is 4.30. The largest absolute Gasteiger partial charge is 0.443 e. The lowest BCUT2D eigenvalue weighted by atomic mass is 9.76. The minimum atomic E-state index is -0.501. The van der Waals surface area contributed by atoms with Gasteiger partial charge in [0.1, 0.15) is 5.60 Å². The van der Waals surface area contributed by atoms with Gasteiger partial charge < -0.3 is 4.74 Å². The highest BCUT2D eigenvalue weighted by Crippen LogP contribution is 2.42. The molecule has 2 aromatic rings. The summed E-state index contributed by atoms with van der Waals surface area (Å²) in [6.45, 7) is 5.62. The highest BCUT2D eigenvalue weighted by molar-refractivity contribution is 6.12. The fourth-order valence-electron chi connectivity index (χ4n) is 3.25. The number of rotatable bonds is 1. The molecular formula is C18H22BNO2. The van der Waals surface area contributed by atoms with Gasteiger partial charge in [0.25, 0.3) is 0 Å². The molecule has 0 spiro atoms. The van der Waals surface area contributed by atoms with Crippen molar-refractivity contribution in [3.05, 3.63) is 36.0 Å². The number of carbonyl (C=O) groups is 1. The normalized spacial score (nSPS) is 22.1. The van der Waals surface area contributed by atoms with Crippen molar-refractivity contribution in [3.8, 4) is 0 Å². The Labute approximate surface area is 133 Å². The Morgan fingerprint density at radius 1 is 1.27 bits per heavy atom. The van der Waals surface area contributed by atoms with Gasteiger partial charge in [0, 0.05) is 11.6 Å². The molecule has 1 aromatic carbocycles. The maximum atomic E-state index is 12.3. The summed E-state index contributed by atoms with van der Waals surface area (Å²) in [5.74, 6) is 0.619. The minimum absolute atomic E-state index is 0.224. The number of fused-ring (bicyclic) bond motifs is 1. The highest BCUT2D eigenvalue weighted by Gasteiger charge is 2.25. The second-order valence-corrected chi connectivity index (χ2v) is 7.19. The molecule has 22 heavy (non-hydrogen) atoms. The van der Waals surface area contributed by atoms with E-state index in [2.05, 4.69) is 18.2 Å². The minimum Gasteiger partial charge on any atom is -0.443 e. The fourth-order valence-corrected chi connectivity index (χ4v) is 3.25. The van der Waals surface area contributed by atoms with Crippen LogP contribution in [0, 0.1) is 0 Å². The number of ether oxygens (including phenoxy) is 1. The lowest BCUT2D eigenvalue weighted by Crippen LogP contribution is -2.26. The van der Waals surface area contributed by atoms with Crippen molar-refractivity contribution in [2.75, 3.05) is 0 Å². The summed E-state index contributed by atoms with van der Waals surface area (Å²) >= 11 is 0. The Hall–Kier alpha value is -1.71. The second kappa shape index (κ2) is 5.49. The van der Waals surface area contributed by atoms with Gasteiger partial charge in [0.15, 0.2) is 0 Å². The van der Waals surface area contributed by atoms with Gasteiger partial charge in [-0.2, -0.15) is 0 Å². The Kier molecular flexibility index (Phi) is 3.79. The van der Waals surface area contributed by atoms with Crippen LogP contribution < -0.4 is 0 Å². The second-order valence-electron chi connectivity index (χ2n) is 7.19. The molecule has 1 aliphatic rings. The molecule has 0 saturated heterocycles. The first-order valence-electron chi connectivity index (χ1n) is 7.95. The van der Waals surface area contributed by atoms with Gasteiger partial charge in [-0.1, -0.05) is 30.8 Å². The van der Waals surface area contributed by atoms with Crippen molar-refractivity contribution >= 4 is 24.8 Å². The van der Waals surface area contributed by atoms with E-state index in [1.54, 1.807) is 10.8 Å². The Morgan fingerprint density at radius 2 is 2.05 bits per heavy atom. The van der Waals surface area contributed by atoms with E-state index >= 15 is 0 Å². The first-order chi connectivity index (χ1) is 10.3. The summed E-state index contributed by atoms with van der Waals surface area (Å²) in [4.78, 5) is 12.3. The van der Waals surface area contributed by atoms with Crippen LogP contribution in [0.1, 0.15) is 51.5 Å². The van der Waals surface area contributed by atoms with Gasteiger partial charge in [0.05, 0.1) is 13.4 Å². The number of hydrogen-bond acceptors (Lipinski definition) is 2. The molecule has 1 aromatic heterocycles. The SMILES string of the molecule is [B][C@H]1CCC[C@H]1c1ccc2ccn(C(=O)OC(C)(C)C)c2c1. The van der Waals surface area contributed by atoms with E-state index in [0.717, 1.165) is 23.7 Å². The quantitative estimate of drug-likeness (QED) is 0.717. The lowest BCUT2D eigenvalue weighted by molar-refractivity contribution is 0.0544. The van der Waals surface area contributed by atoms with E-state index in [9.17, 15) is 4.79 Å². The van der Waals surface area contributed by atoms with Crippen LogP contribution in [0.4, 0.5) is 4.79 Å². The molecule has 3 nitrogen and oxygen atoms in total. The first-order valence-corrected chi connectivity index (χ1v) is 7.95. The van der Waals surface area contributed by atoms with Crippen LogP contribution in [0.15, 0.2) is 30.5 Å². The summed E-state index contributed by atoms with van der Waals surface area (Å²) in [7, 11) is 6.21. The molecule has 3 rings (SSSR count). The van der Waals surface area contributed by atoms with Crippen LogP contribution in [0.3, 0.4) is 0 Å². The zero-order chi connectivity index (χ0) is 15.9. The van der Waals surface area contributed by atoms with E-state index in [0.29, 0.717) is 5.92 Å². The zero-order valence-electron chi connectivity index (χ0n) is 13.5. The zero-order valence-corrected chi connectivity index (χ0v) is 13.5. The van der Waals surface area contributed by atoms with Crippen molar-refractivity contribution in [3.63, 3.8) is 0 Å². The van der Waals surface area contributed by atoms with Crippen molar-refractivity contribution in [2.24, 2.45) is 0 Å². The maximum Gasteiger partial charge on any atom is 0.418 e. The van der Waals surface area contributed by atoms with Gasteiger partial charge in [-0.25, -0.2) is 4.79 Å². The Bertz CT molecular complexity index is 699. The maximum absolute atomic E-state index is 12.3. The molecule has 1 aliphatic carbocycles. The van der Waals surface area contributed by atoms with Gasteiger partial charge >= 0.3 is 6.09 Å². The third-order valence-electron chi connectivity index (χ3n) is 4.30. The molecule has 1 saturated carbocycles. The van der Waals surface area contributed by atoms with Crippen LogP contribution in [0.2, 0.25) is 5.82 Å². The van der Waals surface area contributed by atoms with Crippen LogP contribution in [-0.4, -0.2) is 24.1 Å². The smallest absolute Gasteiger partial charge is 0.418 e. The number of benzene rings is 1. The van der Waals surface area contributed by atoms with Crippen molar-refractivity contribution in [1.82, 2.24) is 4.57 Å². The number of aromatic nitrogens is 1. The highest BCUT2D eigenvalue weighted by atomic mass is 16.6. The molecule has 2 radical (unpaired) electrons. The average molecular weight is 295 g/mol. The molecule has 0 N–H and O–H groups in total. The van der Waals surface area contributed by atoms with E-state index in [-0.39, 0.29) is 11.9 Å². The summed E-state index contributed by atoms with van der Waals surface area (Å²) in [5, 5.41) is 1.04. The van der Waals surface area contributed by atoms with Crippen LogP contribution in [0.25, 0.3) is 10.9 Å². The van der Waals surface area contributed by atoms with E-state index in [4.69, 9.17) is 12.6 Å². The van der Waals surface area contributed by atoms with Gasteiger partial charge in [0.2, 0.25) is 0 Å². The van der Waals surface area contributed by atoms with Crippen LogP contribution >= 0.6 is 0 Å². The summed E-state index contributed by atoms with van der Waals surface area (Å²) in [6, 6.07) is 8.24. The predicted octanol–water partition coefficient (Wildman–Crippen LogP) is 4.65. The molecule has 0 unspecified atom stereocenters. The van der Waals surface area contributed by atoms with Gasteiger partial charge in [-0.15, -0.1) is 0 Å². The van der Waals surface area contributed by atoms with Crippen LogP contribution in [0.5, 0.6) is 0 Å². The lowest BCUT2D eigenvalue weighted by Gasteiger charge is -2.20. The molecular weight excluding hydrogens is 273 g/mol. The Balaban J connectivity index is 1.97. The number of carbonyl (C=O) groups excluding carboxylic acids is 1. The molecule has 0 amide bonds. The molecule has 0 aliphatic heterocycles. The molecule has 114 valence electrons. The molecule has 2 atom stereocenters. The first kappa shape index (κ1) is 15.2. The number of hydrogen-bond donors (Lipinski definition) is 0. The number of nitrogens with zero attached hydrogens (tertiary/aromatic N) is 1. The summed E-state index contributed by atoms with van der Waals surface area (Å²) in [6.07, 6.45) is 4.82. The van der Waals surface area contributed by atoms with E-state index in [1.165, 1.54) is 12.0 Å². The molecule has 1 heterocycles. The average Bonchev–Trinajstić information content (AvgIpc) is 3.01. The van der Waals surface area contributed by atoms with Crippen LogP contribution in [-0.2, 0) is 4.74 Å². The standard InChI is InChI=1S/C18H22BNO2/c1-18(2,3)22-17(21)20-10-9-12-7-8-13(11-16(12)20)14-5-4-6-15(14)19/h7-11,14-15H,4-6H2,1-3H3/t14-,15-/m0/s1. The summed E-state index contributed by atoms with van der Waals surface area (Å²) < 4.78 is 7.06. The molecule has 4 heteroatoms. The van der Waals surface area contributed by atoms with Crippen molar-refractivity contribution in [2.45, 2.75) is 57.4 Å². The predicted molar refractivity (Wildman–Crippen MR) is 89.7 cm³/mol. The van der Waals surface area contributed by atoms with E-state index < -0.39 is 5.60 Å². The molecule has 0 bridgehead atoms. The summed E-state index contributed by atoms with van der Waals surface area (Å²) in [5.41, 5.74) is 1.62. The van der Waals surface area contributed by atoms with Crippen molar-refractivity contribution in [1.29, 1.82) is 0 Å². The monoisotopic (exact) mass is 295 g/mol. The Morgan fingerprint density at radius 3 is 2.68 bits per heavy atom. The third kappa shape index (κ3) is 2.92. The van der Waals surface area contributed by atoms with Gasteiger partial charge in [-0.05, 0) is 50.8 Å².